The summed E-state index contributed by atoms with van der Waals surface area (Å²) >= 11 is 6.07. The van der Waals surface area contributed by atoms with Gasteiger partial charge in [-0.15, -0.1) is 0 Å². The fraction of sp³-hybridized carbons (Fsp3) is 0.591. The van der Waals surface area contributed by atoms with E-state index in [0.717, 1.165) is 49.9 Å². The fourth-order valence-electron chi connectivity index (χ4n) is 4.49. The molecule has 152 valence electrons. The van der Waals surface area contributed by atoms with Gasteiger partial charge in [0.15, 0.2) is 0 Å². The number of likely N-dealkylation sites (tertiary alicyclic amines) is 1. The zero-order valence-corrected chi connectivity index (χ0v) is 17.6. The molecule has 2 unspecified atom stereocenters. The molecule has 0 N–H and O–H groups in total. The first-order valence-electron chi connectivity index (χ1n) is 10.4. The average molecular weight is 404 g/mol. The predicted molar refractivity (Wildman–Crippen MR) is 111 cm³/mol. The number of hydrogen-bond donors (Lipinski definition) is 0. The molecule has 2 aliphatic rings. The lowest BCUT2D eigenvalue weighted by atomic mass is 9.95. The van der Waals surface area contributed by atoms with Crippen LogP contribution in [0.4, 0.5) is 0 Å². The Hall–Kier alpha value is -1.40. The van der Waals surface area contributed by atoms with Crippen molar-refractivity contribution < 1.29 is 9.15 Å². The molecule has 3 heterocycles. The molecule has 2 aliphatic heterocycles. The normalized spacial score (nSPS) is 25.2. The van der Waals surface area contributed by atoms with Gasteiger partial charge >= 0.3 is 0 Å². The molecule has 1 aromatic heterocycles. The van der Waals surface area contributed by atoms with Gasteiger partial charge in [0.2, 0.25) is 5.89 Å². The van der Waals surface area contributed by atoms with Crippen LogP contribution in [0.5, 0.6) is 0 Å². The van der Waals surface area contributed by atoms with E-state index in [9.17, 15) is 0 Å². The van der Waals surface area contributed by atoms with Crippen LogP contribution < -0.4 is 0 Å². The Bertz CT molecular complexity index is 763. The number of ether oxygens (including phenoxy) is 1. The zero-order valence-electron chi connectivity index (χ0n) is 16.8. The highest BCUT2D eigenvalue weighted by molar-refractivity contribution is 6.30. The predicted octanol–water partition coefficient (Wildman–Crippen LogP) is 4.32. The Morgan fingerprint density at radius 2 is 1.86 bits per heavy atom. The number of rotatable bonds is 5. The van der Waals surface area contributed by atoms with Gasteiger partial charge in [-0.05, 0) is 63.9 Å². The summed E-state index contributed by atoms with van der Waals surface area (Å²) in [5.74, 6) is 1.43. The second-order valence-corrected chi connectivity index (χ2v) is 8.79. The van der Waals surface area contributed by atoms with Gasteiger partial charge in [0.25, 0.3) is 0 Å². The first-order chi connectivity index (χ1) is 13.5. The number of piperidine rings is 1. The van der Waals surface area contributed by atoms with Crippen molar-refractivity contribution >= 4 is 11.6 Å². The standard InChI is InChI=1S/C22H30ClN3O2/c1-16-11-26(12-17(2)28-16)13-18-6-8-25(9-7-18)14-21-15-27-22(24-21)19-4-3-5-20(23)10-19/h3-5,10,15-18H,6-9,11-14H2,1-2H3. The molecule has 2 saturated heterocycles. The van der Waals surface area contributed by atoms with Gasteiger partial charge in [0.1, 0.15) is 6.26 Å². The van der Waals surface area contributed by atoms with Crippen molar-refractivity contribution in [3.8, 4) is 11.5 Å². The fourth-order valence-corrected chi connectivity index (χ4v) is 4.68. The van der Waals surface area contributed by atoms with Crippen LogP contribution in [0.3, 0.4) is 0 Å². The number of nitrogens with zero attached hydrogens (tertiary/aromatic N) is 3. The molecule has 0 spiro atoms. The molecule has 0 radical (unpaired) electrons. The molecule has 0 bridgehead atoms. The number of oxazole rings is 1. The van der Waals surface area contributed by atoms with Crippen molar-refractivity contribution in [1.82, 2.24) is 14.8 Å². The van der Waals surface area contributed by atoms with Gasteiger partial charge in [0.05, 0.1) is 17.9 Å². The van der Waals surface area contributed by atoms with Crippen LogP contribution in [-0.2, 0) is 11.3 Å². The molecule has 5 nitrogen and oxygen atoms in total. The van der Waals surface area contributed by atoms with E-state index in [0.29, 0.717) is 23.1 Å². The summed E-state index contributed by atoms with van der Waals surface area (Å²) in [7, 11) is 0. The van der Waals surface area contributed by atoms with E-state index in [2.05, 4.69) is 28.6 Å². The van der Waals surface area contributed by atoms with Crippen molar-refractivity contribution in [3.63, 3.8) is 0 Å². The second kappa shape index (κ2) is 8.95. The third-order valence-electron chi connectivity index (χ3n) is 5.73. The van der Waals surface area contributed by atoms with E-state index in [4.69, 9.17) is 20.8 Å². The molecule has 2 aromatic rings. The maximum Gasteiger partial charge on any atom is 0.226 e. The van der Waals surface area contributed by atoms with E-state index in [-0.39, 0.29) is 0 Å². The molecule has 28 heavy (non-hydrogen) atoms. The lowest BCUT2D eigenvalue weighted by Crippen LogP contribution is -2.48. The van der Waals surface area contributed by atoms with Crippen LogP contribution in [0.25, 0.3) is 11.5 Å². The first-order valence-corrected chi connectivity index (χ1v) is 10.7. The van der Waals surface area contributed by atoms with Crippen molar-refractivity contribution in [3.05, 3.63) is 41.2 Å². The van der Waals surface area contributed by atoms with Gasteiger partial charge in [-0.25, -0.2) is 4.98 Å². The highest BCUT2D eigenvalue weighted by atomic mass is 35.5. The van der Waals surface area contributed by atoms with E-state index in [1.165, 1.54) is 19.4 Å². The van der Waals surface area contributed by atoms with E-state index in [1.807, 2.05) is 24.3 Å². The smallest absolute Gasteiger partial charge is 0.226 e. The lowest BCUT2D eigenvalue weighted by Gasteiger charge is -2.39. The summed E-state index contributed by atoms with van der Waals surface area (Å²) in [6.07, 6.45) is 4.98. The number of aromatic nitrogens is 1. The van der Waals surface area contributed by atoms with Crippen LogP contribution in [-0.4, -0.2) is 59.7 Å². The highest BCUT2D eigenvalue weighted by Gasteiger charge is 2.27. The van der Waals surface area contributed by atoms with Crippen molar-refractivity contribution in [2.75, 3.05) is 32.7 Å². The molecule has 0 saturated carbocycles. The molecule has 1 aromatic carbocycles. The van der Waals surface area contributed by atoms with Gasteiger partial charge in [-0.3, -0.25) is 9.80 Å². The Morgan fingerprint density at radius 1 is 1.11 bits per heavy atom. The topological polar surface area (TPSA) is 41.7 Å². The molecule has 2 fully saturated rings. The molecule has 4 rings (SSSR count). The van der Waals surface area contributed by atoms with Crippen LogP contribution in [0.2, 0.25) is 5.02 Å². The molecular formula is C22H30ClN3O2. The summed E-state index contributed by atoms with van der Waals surface area (Å²) in [5, 5.41) is 0.698. The van der Waals surface area contributed by atoms with Crippen LogP contribution in [0, 0.1) is 5.92 Å². The minimum atomic E-state index is 0.352. The molecule has 2 atom stereocenters. The second-order valence-electron chi connectivity index (χ2n) is 8.35. The maximum atomic E-state index is 6.07. The number of morpholine rings is 1. The highest BCUT2D eigenvalue weighted by Crippen LogP contribution is 2.25. The average Bonchev–Trinajstić information content (AvgIpc) is 3.11. The number of benzene rings is 1. The van der Waals surface area contributed by atoms with Crippen molar-refractivity contribution in [2.45, 2.75) is 45.4 Å². The van der Waals surface area contributed by atoms with E-state index in [1.54, 1.807) is 6.26 Å². The summed E-state index contributed by atoms with van der Waals surface area (Å²) in [6, 6.07) is 7.63. The Morgan fingerprint density at radius 3 is 2.57 bits per heavy atom. The summed E-state index contributed by atoms with van der Waals surface area (Å²) in [4.78, 5) is 9.73. The summed E-state index contributed by atoms with van der Waals surface area (Å²) in [6.45, 7) is 10.8. The van der Waals surface area contributed by atoms with Gasteiger partial charge in [-0.2, -0.15) is 0 Å². The van der Waals surface area contributed by atoms with E-state index >= 15 is 0 Å². The SMILES string of the molecule is CC1CN(CC2CCN(Cc3coc(-c4cccc(Cl)c4)n3)CC2)CC(C)O1. The van der Waals surface area contributed by atoms with Gasteiger partial charge in [-0.1, -0.05) is 17.7 Å². The number of hydrogen-bond acceptors (Lipinski definition) is 5. The van der Waals surface area contributed by atoms with Gasteiger partial charge in [0, 0.05) is 36.8 Å². The van der Waals surface area contributed by atoms with Crippen LogP contribution in [0.15, 0.2) is 34.9 Å². The minimum Gasteiger partial charge on any atom is -0.444 e. The lowest BCUT2D eigenvalue weighted by molar-refractivity contribution is -0.0732. The molecule has 6 heteroatoms. The Balaban J connectivity index is 1.26. The third-order valence-corrected chi connectivity index (χ3v) is 5.96. The molecule has 0 aliphatic carbocycles. The maximum absolute atomic E-state index is 6.07. The van der Waals surface area contributed by atoms with Crippen LogP contribution >= 0.6 is 11.6 Å². The molecule has 0 amide bonds. The number of halogens is 1. The molecular weight excluding hydrogens is 374 g/mol. The van der Waals surface area contributed by atoms with Crippen molar-refractivity contribution in [2.24, 2.45) is 5.92 Å². The largest absolute Gasteiger partial charge is 0.444 e. The van der Waals surface area contributed by atoms with Crippen molar-refractivity contribution in [1.29, 1.82) is 0 Å². The zero-order chi connectivity index (χ0) is 19.5. The summed E-state index contributed by atoms with van der Waals surface area (Å²) < 4.78 is 11.5. The Labute approximate surface area is 172 Å². The van der Waals surface area contributed by atoms with Gasteiger partial charge < -0.3 is 9.15 Å². The van der Waals surface area contributed by atoms with E-state index < -0.39 is 0 Å². The first kappa shape index (κ1) is 19.9. The third kappa shape index (κ3) is 5.15. The van der Waals surface area contributed by atoms with Crippen LogP contribution in [0.1, 0.15) is 32.4 Å². The minimum absolute atomic E-state index is 0.352. The summed E-state index contributed by atoms with van der Waals surface area (Å²) in [5.41, 5.74) is 1.91. The quantitative estimate of drug-likeness (QED) is 0.743. The monoisotopic (exact) mass is 403 g/mol. The Kier molecular flexibility index (Phi) is 6.36.